The zero-order chi connectivity index (χ0) is 81.9. The van der Waals surface area contributed by atoms with Crippen LogP contribution in [0.25, 0.3) is 0 Å². The number of imidazole rings is 1. The molecule has 612 valence electrons. The summed E-state index contributed by atoms with van der Waals surface area (Å²) in [5.41, 5.74) is 48.5. The molecular formula is C78H116N20O14. The molecule has 112 heavy (non-hydrogen) atoms. The van der Waals surface area contributed by atoms with Gasteiger partial charge in [-0.15, -0.1) is 0 Å². The Labute approximate surface area is 653 Å². The van der Waals surface area contributed by atoms with Crippen molar-refractivity contribution < 1.29 is 67.7 Å². The molecule has 2 aliphatic rings. The number of aliphatic carboxylic acids is 1. The number of unbranched alkanes of at least 4 members (excludes halogenated alkanes) is 3. The number of rotatable bonds is 58. The van der Waals surface area contributed by atoms with Gasteiger partial charge in [-0.05, 0) is 146 Å². The maximum Gasteiger partial charge on any atom is 0.326 e. The normalized spacial score (nSPS) is 15.2. The molecular weight excluding hydrogens is 1440 g/mol. The van der Waals surface area contributed by atoms with Gasteiger partial charge in [0, 0.05) is 137 Å². The number of aromatic amines is 1. The van der Waals surface area contributed by atoms with Crippen molar-refractivity contribution in [3.05, 3.63) is 107 Å². The molecule has 6 amide bonds. The summed E-state index contributed by atoms with van der Waals surface area (Å²) < 4.78 is 0. The number of aliphatic imine (C=N–C) groups is 4. The lowest BCUT2D eigenvalue weighted by molar-refractivity contribution is -0.142. The number of benzene rings is 2. The molecule has 0 spiro atoms. The fourth-order valence-corrected chi connectivity index (χ4v) is 13.0. The number of amides is 6. The number of carboxylic acid groups (broad SMARTS) is 1. The maximum atomic E-state index is 15.0. The molecule has 34 heteroatoms. The lowest BCUT2D eigenvalue weighted by Gasteiger charge is -2.26. The van der Waals surface area contributed by atoms with Crippen LogP contribution >= 0.6 is 0 Å². The van der Waals surface area contributed by atoms with Gasteiger partial charge in [-0.2, -0.15) is 0 Å². The number of Topliss-reactive ketones (excluding diaryl/α,β-unsaturated/α-hetero) is 5. The van der Waals surface area contributed by atoms with E-state index in [2.05, 4.69) is 61.8 Å². The Kier molecular flexibility index (Phi) is 41.2. The highest BCUT2D eigenvalue weighted by atomic mass is 16.4. The van der Waals surface area contributed by atoms with Gasteiger partial charge in [-0.1, -0.05) is 54.6 Å². The van der Waals surface area contributed by atoms with Crippen LogP contribution in [0.2, 0.25) is 0 Å². The van der Waals surface area contributed by atoms with Crippen molar-refractivity contribution in [2.75, 3.05) is 39.3 Å². The van der Waals surface area contributed by atoms with Crippen molar-refractivity contribution in [1.29, 1.82) is 0 Å². The lowest BCUT2D eigenvalue weighted by Crippen LogP contribution is -2.49. The average molecular weight is 1560 g/mol. The van der Waals surface area contributed by atoms with Crippen molar-refractivity contribution in [2.24, 2.45) is 95.4 Å². The number of phenolic OH excluding ortho intramolecular Hbond substituents is 1. The van der Waals surface area contributed by atoms with E-state index in [4.69, 9.17) is 45.9 Å². The first-order valence-electron chi connectivity index (χ1n) is 38.5. The van der Waals surface area contributed by atoms with Crippen molar-refractivity contribution in [3.8, 4) is 5.75 Å². The van der Waals surface area contributed by atoms with Crippen LogP contribution in [-0.4, -0.2) is 190 Å². The summed E-state index contributed by atoms with van der Waals surface area (Å²) in [6, 6.07) is 7.63. The number of nitrogens with one attached hydrogen (secondary N) is 7. The molecule has 0 saturated carbocycles. The number of aromatic nitrogens is 2. The summed E-state index contributed by atoms with van der Waals surface area (Å²) in [5, 5.41) is 37.0. The SMILES string of the molecule is CC(N)C(=O)NC(CCCCN)C(=O)CC(CCCN=C(N)N)C(=O)NC(CC1=CCC=N1)C(=O)CC(Cc1cnc[nH]1)C(=O)NCC(=O)CC(Cc1ccc(O)cc1)C(=O)NC(CCCCN)C(=O)CC(CCCN=C(N)N)C(=O)NC(CCCCN)C(=O)CC(Cc1ccccc1)C(=O)NC(CC1=CCC=N1)C(=O)O. The number of hydrogen-bond donors (Lipinski definition) is 17. The second-order valence-corrected chi connectivity index (χ2v) is 28.5. The third-order valence-corrected chi connectivity index (χ3v) is 19.3. The highest BCUT2D eigenvalue weighted by molar-refractivity contribution is 5.99. The predicted molar refractivity (Wildman–Crippen MR) is 424 cm³/mol. The van der Waals surface area contributed by atoms with E-state index in [1.807, 2.05) is 0 Å². The first-order chi connectivity index (χ1) is 53.7. The fourth-order valence-electron chi connectivity index (χ4n) is 13.0. The van der Waals surface area contributed by atoms with Crippen LogP contribution in [0.15, 0.2) is 111 Å². The van der Waals surface area contributed by atoms with E-state index in [1.54, 1.807) is 67.0 Å². The number of carbonyl (C=O) groups is 12. The second kappa shape index (κ2) is 50.2. The highest BCUT2D eigenvalue weighted by Gasteiger charge is 2.37. The molecule has 11 atom stereocenters. The molecule has 5 rings (SSSR count). The Morgan fingerprint density at radius 2 is 0.884 bits per heavy atom. The molecule has 3 aromatic rings. The number of carbonyl (C=O) groups excluding carboxylic acids is 11. The van der Waals surface area contributed by atoms with Gasteiger partial charge in [-0.3, -0.25) is 72.7 Å². The number of guanidine groups is 2. The predicted octanol–water partition coefficient (Wildman–Crippen LogP) is 0.983. The van der Waals surface area contributed by atoms with Gasteiger partial charge in [0.2, 0.25) is 35.4 Å². The van der Waals surface area contributed by atoms with Gasteiger partial charge < -0.3 is 93.0 Å². The third kappa shape index (κ3) is 34.7. The number of hydrogen-bond acceptors (Lipinski definition) is 22. The first-order valence-corrected chi connectivity index (χ1v) is 38.5. The number of carboxylic acids is 1. The Balaban J connectivity index is 1.40. The zero-order valence-corrected chi connectivity index (χ0v) is 64.1. The number of nitrogens with two attached hydrogens (primary N) is 8. The number of phenols is 1. The fraction of sp³-hybridized carbons (Fsp3) is 0.551. The van der Waals surface area contributed by atoms with E-state index in [-0.39, 0.29) is 127 Å². The molecule has 0 fully saturated rings. The number of aromatic hydroxyl groups is 1. The van der Waals surface area contributed by atoms with Crippen LogP contribution < -0.4 is 77.8 Å². The number of ketones is 5. The molecule has 2 aliphatic heterocycles. The molecule has 2 aromatic carbocycles. The van der Waals surface area contributed by atoms with Gasteiger partial charge in [0.05, 0.1) is 49.0 Å². The van der Waals surface area contributed by atoms with E-state index in [0.29, 0.717) is 86.1 Å². The zero-order valence-electron chi connectivity index (χ0n) is 64.1. The van der Waals surface area contributed by atoms with Crippen LogP contribution in [0.5, 0.6) is 5.75 Å². The molecule has 11 unspecified atom stereocenters. The van der Waals surface area contributed by atoms with Gasteiger partial charge in [0.25, 0.3) is 0 Å². The van der Waals surface area contributed by atoms with Crippen molar-refractivity contribution in [2.45, 2.75) is 204 Å². The molecule has 25 N–H and O–H groups in total. The largest absolute Gasteiger partial charge is 0.508 e. The van der Waals surface area contributed by atoms with Gasteiger partial charge in [0.15, 0.2) is 40.8 Å². The minimum Gasteiger partial charge on any atom is -0.508 e. The maximum absolute atomic E-state index is 15.0. The lowest BCUT2D eigenvalue weighted by atomic mass is 9.88. The van der Waals surface area contributed by atoms with Crippen LogP contribution in [0.3, 0.4) is 0 Å². The molecule has 0 saturated heterocycles. The van der Waals surface area contributed by atoms with Crippen molar-refractivity contribution in [1.82, 2.24) is 41.9 Å². The summed E-state index contributed by atoms with van der Waals surface area (Å²) in [5.74, 6) is -14.5. The Morgan fingerprint density at radius 1 is 0.473 bits per heavy atom. The average Bonchev–Trinajstić information content (AvgIpc) is 1.24. The summed E-state index contributed by atoms with van der Waals surface area (Å²) >= 11 is 0. The second-order valence-electron chi connectivity index (χ2n) is 28.5. The van der Waals surface area contributed by atoms with E-state index in [1.165, 1.54) is 31.6 Å². The molecule has 0 radical (unpaired) electrons. The molecule has 3 heterocycles. The van der Waals surface area contributed by atoms with Crippen LogP contribution in [-0.2, 0) is 76.8 Å². The Morgan fingerprint density at radius 3 is 1.31 bits per heavy atom. The minimum atomic E-state index is -1.37. The van der Waals surface area contributed by atoms with Gasteiger partial charge >= 0.3 is 5.97 Å². The van der Waals surface area contributed by atoms with Crippen LogP contribution in [0.4, 0.5) is 0 Å². The number of nitrogens with zero attached hydrogens (tertiary/aromatic N) is 5. The smallest absolute Gasteiger partial charge is 0.326 e. The van der Waals surface area contributed by atoms with E-state index in [9.17, 15) is 67.7 Å². The van der Waals surface area contributed by atoms with Crippen molar-refractivity contribution in [3.63, 3.8) is 0 Å². The van der Waals surface area contributed by atoms with E-state index >= 15 is 0 Å². The van der Waals surface area contributed by atoms with Crippen LogP contribution in [0.1, 0.15) is 165 Å². The number of H-pyrrole nitrogens is 1. The Hall–Kier alpha value is -10.7. The van der Waals surface area contributed by atoms with Crippen molar-refractivity contribution >= 4 is 94.7 Å². The first kappa shape index (κ1) is 91.9. The Bertz CT molecular complexity index is 3760. The molecule has 0 bridgehead atoms. The summed E-state index contributed by atoms with van der Waals surface area (Å²) in [6.07, 6.45) is 11.4. The summed E-state index contributed by atoms with van der Waals surface area (Å²) in [6.45, 7) is 1.79. The number of allylic oxidation sites excluding steroid dienone is 2. The minimum absolute atomic E-state index is 0.00690. The molecule has 34 nitrogen and oxygen atoms in total. The van der Waals surface area contributed by atoms with Gasteiger partial charge in [0.1, 0.15) is 11.8 Å². The van der Waals surface area contributed by atoms with Gasteiger partial charge in [-0.25, -0.2) is 9.78 Å². The quantitative estimate of drug-likeness (QED) is 0.0213. The molecule has 0 aliphatic carbocycles. The highest BCUT2D eigenvalue weighted by Crippen LogP contribution is 2.26. The van der Waals surface area contributed by atoms with E-state index in [0.717, 1.165) is 0 Å². The van der Waals surface area contributed by atoms with Crippen LogP contribution in [0, 0.1) is 29.6 Å². The topological polar surface area (TPSA) is 604 Å². The molecule has 1 aromatic heterocycles. The monoisotopic (exact) mass is 1560 g/mol. The summed E-state index contributed by atoms with van der Waals surface area (Å²) in [4.78, 5) is 195. The third-order valence-electron chi connectivity index (χ3n) is 19.3. The van der Waals surface area contributed by atoms with E-state index < -0.39 is 168 Å². The summed E-state index contributed by atoms with van der Waals surface area (Å²) in [7, 11) is 0. The standard InChI is InChI=1S/C78H116N20O14/c1-48(82)70(105)94-61(21-5-8-28-79)66(101)40-52(18-12-34-91-78(85)86)73(108)97-64(43-56-19-13-31-88-56)69(104)42-55(37-58-45-87-47-93-58)71(106)92-46-60(100)38-53(36-50-24-26-59(99)27-25-50)74(109)96-62(22-6-9-29-80)67(102)39-51(17-11-33-90-77(83)84)72(107)95-63(23-7-10-30-81)68(103)41-54(35-49-15-3-2-4-16-49)75(110)98-65(76(111)112)44-57-20-14-32-89-57/h2-4,15-16,19-20,24-27,31-32,45,47-48,51-55,61-65,99H,5-14,17-18,21-23,28-30,33-44,46,79-82H2,1H3,(H,87,93)(H,92,106)(H,94,105)(H,95,107)(H,96,109)(H,97,108)(H,98,110)(H,111,112)(H4,83,84,90)(H4,85,86,91).